The molecule has 3 heteroatoms. The number of para-hydroxylation sites is 1. The molecule has 0 saturated carbocycles. The van der Waals surface area contributed by atoms with Gasteiger partial charge < -0.3 is 15.2 Å². The third kappa shape index (κ3) is 3.31. The summed E-state index contributed by atoms with van der Waals surface area (Å²) >= 11 is 0. The van der Waals surface area contributed by atoms with Crippen LogP contribution in [0.15, 0.2) is 48.5 Å². The number of hydrogen-bond donors (Lipinski definition) is 1. The molecule has 0 amide bonds. The summed E-state index contributed by atoms with van der Waals surface area (Å²) in [6.07, 6.45) is 0. The van der Waals surface area contributed by atoms with Crippen molar-refractivity contribution in [1.29, 1.82) is 0 Å². The number of benzene rings is 2. The van der Waals surface area contributed by atoms with Gasteiger partial charge in [-0.2, -0.15) is 0 Å². The molecule has 2 rings (SSSR count). The highest BCUT2D eigenvalue weighted by Crippen LogP contribution is 2.35. The Morgan fingerprint density at radius 3 is 2.45 bits per heavy atom. The van der Waals surface area contributed by atoms with E-state index in [0.29, 0.717) is 13.2 Å². The van der Waals surface area contributed by atoms with E-state index in [0.717, 1.165) is 22.6 Å². The molecule has 2 N–H and O–H groups in total. The van der Waals surface area contributed by atoms with Crippen molar-refractivity contribution in [2.75, 3.05) is 13.7 Å². The molecule has 0 aliphatic rings. The zero-order valence-corrected chi connectivity index (χ0v) is 12.0. The Morgan fingerprint density at radius 2 is 1.80 bits per heavy atom. The third-order valence-electron chi connectivity index (χ3n) is 3.34. The lowest BCUT2D eigenvalue weighted by Crippen LogP contribution is -2.10. The topological polar surface area (TPSA) is 44.5 Å². The molecule has 0 aliphatic heterocycles. The molecular weight excluding hydrogens is 250 g/mol. The molecule has 0 bridgehead atoms. The molecule has 0 spiro atoms. The quantitative estimate of drug-likeness (QED) is 0.876. The molecule has 1 unspecified atom stereocenters. The van der Waals surface area contributed by atoms with Crippen molar-refractivity contribution in [3.8, 4) is 11.5 Å². The van der Waals surface area contributed by atoms with E-state index in [-0.39, 0.29) is 5.92 Å². The van der Waals surface area contributed by atoms with Gasteiger partial charge in [0.15, 0.2) is 11.5 Å². The van der Waals surface area contributed by atoms with Gasteiger partial charge in [-0.05, 0) is 24.1 Å². The molecule has 3 nitrogen and oxygen atoms in total. The Bertz CT molecular complexity index is 540. The lowest BCUT2D eigenvalue weighted by Gasteiger charge is -2.17. The number of methoxy groups -OCH3 is 1. The summed E-state index contributed by atoms with van der Waals surface area (Å²) in [6.45, 7) is 3.19. The monoisotopic (exact) mass is 271 g/mol. The summed E-state index contributed by atoms with van der Waals surface area (Å²) in [5.74, 6) is 1.78. The van der Waals surface area contributed by atoms with Crippen LogP contribution < -0.4 is 15.2 Å². The fraction of sp³-hybridized carbons (Fsp3) is 0.294. The Kier molecular flexibility index (Phi) is 5.02. The van der Waals surface area contributed by atoms with Gasteiger partial charge in [0.05, 0.1) is 7.11 Å². The van der Waals surface area contributed by atoms with Gasteiger partial charge in [-0.15, -0.1) is 0 Å². The molecule has 0 fully saturated rings. The van der Waals surface area contributed by atoms with Crippen LogP contribution >= 0.6 is 0 Å². The van der Waals surface area contributed by atoms with E-state index in [4.69, 9.17) is 15.2 Å². The summed E-state index contributed by atoms with van der Waals surface area (Å²) in [6, 6.07) is 16.0. The Labute approximate surface area is 120 Å². The van der Waals surface area contributed by atoms with E-state index in [1.807, 2.05) is 48.5 Å². The van der Waals surface area contributed by atoms with Gasteiger partial charge in [0.2, 0.25) is 0 Å². The SMILES string of the molecule is COc1c(OCc2ccccc2)cccc1C(C)CN. The first-order valence-corrected chi connectivity index (χ1v) is 6.80. The smallest absolute Gasteiger partial charge is 0.164 e. The molecule has 0 aliphatic carbocycles. The van der Waals surface area contributed by atoms with Crippen LogP contribution in [0.2, 0.25) is 0 Å². The zero-order chi connectivity index (χ0) is 14.4. The van der Waals surface area contributed by atoms with Gasteiger partial charge in [-0.3, -0.25) is 0 Å². The first-order valence-electron chi connectivity index (χ1n) is 6.80. The predicted molar refractivity (Wildman–Crippen MR) is 81.2 cm³/mol. The van der Waals surface area contributed by atoms with Crippen LogP contribution in [0.5, 0.6) is 11.5 Å². The molecule has 0 saturated heterocycles. The van der Waals surface area contributed by atoms with Crippen molar-refractivity contribution < 1.29 is 9.47 Å². The fourth-order valence-corrected chi connectivity index (χ4v) is 2.12. The number of hydrogen-bond acceptors (Lipinski definition) is 3. The Morgan fingerprint density at radius 1 is 1.05 bits per heavy atom. The van der Waals surface area contributed by atoms with E-state index >= 15 is 0 Å². The molecular formula is C17H21NO2. The van der Waals surface area contributed by atoms with Crippen molar-refractivity contribution in [2.45, 2.75) is 19.4 Å². The average molecular weight is 271 g/mol. The maximum atomic E-state index is 5.88. The summed E-state index contributed by atoms with van der Waals surface area (Å²) in [5.41, 5.74) is 7.96. The minimum atomic E-state index is 0.241. The van der Waals surface area contributed by atoms with Crippen LogP contribution in [0.3, 0.4) is 0 Å². The van der Waals surface area contributed by atoms with Crippen LogP contribution in [0.1, 0.15) is 24.0 Å². The molecule has 0 aromatic heterocycles. The lowest BCUT2D eigenvalue weighted by molar-refractivity contribution is 0.282. The molecule has 106 valence electrons. The van der Waals surface area contributed by atoms with Crippen molar-refractivity contribution >= 4 is 0 Å². The fourth-order valence-electron chi connectivity index (χ4n) is 2.12. The summed E-state index contributed by atoms with van der Waals surface area (Å²) < 4.78 is 11.4. The summed E-state index contributed by atoms with van der Waals surface area (Å²) in [4.78, 5) is 0. The van der Waals surface area contributed by atoms with Gasteiger partial charge in [-0.25, -0.2) is 0 Å². The third-order valence-corrected chi connectivity index (χ3v) is 3.34. The molecule has 20 heavy (non-hydrogen) atoms. The second-order valence-electron chi connectivity index (χ2n) is 4.79. The van der Waals surface area contributed by atoms with E-state index in [1.165, 1.54) is 0 Å². The average Bonchev–Trinajstić information content (AvgIpc) is 2.52. The Hall–Kier alpha value is -2.00. The van der Waals surface area contributed by atoms with Crippen molar-refractivity contribution in [1.82, 2.24) is 0 Å². The molecule has 2 aromatic rings. The normalized spacial score (nSPS) is 11.9. The van der Waals surface area contributed by atoms with E-state index in [9.17, 15) is 0 Å². The lowest BCUT2D eigenvalue weighted by atomic mass is 10.00. The number of rotatable bonds is 6. The molecule has 2 aromatic carbocycles. The zero-order valence-electron chi connectivity index (χ0n) is 12.0. The largest absolute Gasteiger partial charge is 0.493 e. The highest BCUT2D eigenvalue weighted by Gasteiger charge is 2.14. The van der Waals surface area contributed by atoms with Crippen molar-refractivity contribution in [2.24, 2.45) is 5.73 Å². The highest BCUT2D eigenvalue weighted by molar-refractivity contribution is 5.48. The number of ether oxygens (including phenoxy) is 2. The maximum absolute atomic E-state index is 5.88. The van der Waals surface area contributed by atoms with Gasteiger partial charge in [0.1, 0.15) is 6.61 Å². The van der Waals surface area contributed by atoms with Crippen LogP contribution in [-0.4, -0.2) is 13.7 Å². The van der Waals surface area contributed by atoms with Gasteiger partial charge >= 0.3 is 0 Å². The highest BCUT2D eigenvalue weighted by atomic mass is 16.5. The first kappa shape index (κ1) is 14.4. The van der Waals surface area contributed by atoms with Gasteiger partial charge in [-0.1, -0.05) is 49.4 Å². The maximum Gasteiger partial charge on any atom is 0.164 e. The molecule has 0 radical (unpaired) electrons. The van der Waals surface area contributed by atoms with Crippen LogP contribution in [0, 0.1) is 0 Å². The summed E-state index contributed by atoms with van der Waals surface area (Å²) in [5, 5.41) is 0. The van der Waals surface area contributed by atoms with Crippen LogP contribution in [0.4, 0.5) is 0 Å². The standard InChI is InChI=1S/C17H21NO2/c1-13(11-18)15-9-6-10-16(17(15)19-2)20-12-14-7-4-3-5-8-14/h3-10,13H,11-12,18H2,1-2H3. The first-order chi connectivity index (χ1) is 9.76. The minimum absolute atomic E-state index is 0.241. The van der Waals surface area contributed by atoms with E-state index < -0.39 is 0 Å². The van der Waals surface area contributed by atoms with Crippen LogP contribution in [0.25, 0.3) is 0 Å². The molecule has 1 atom stereocenters. The minimum Gasteiger partial charge on any atom is -0.493 e. The van der Waals surface area contributed by atoms with Crippen LogP contribution in [-0.2, 0) is 6.61 Å². The molecule has 0 heterocycles. The summed E-state index contributed by atoms with van der Waals surface area (Å²) in [7, 11) is 1.66. The van der Waals surface area contributed by atoms with E-state index in [2.05, 4.69) is 6.92 Å². The van der Waals surface area contributed by atoms with Gasteiger partial charge in [0.25, 0.3) is 0 Å². The van der Waals surface area contributed by atoms with Crippen molar-refractivity contribution in [3.63, 3.8) is 0 Å². The second-order valence-corrected chi connectivity index (χ2v) is 4.79. The van der Waals surface area contributed by atoms with E-state index in [1.54, 1.807) is 7.11 Å². The number of nitrogens with two attached hydrogens (primary N) is 1. The Balaban J connectivity index is 2.19. The second kappa shape index (κ2) is 6.96. The van der Waals surface area contributed by atoms with Gasteiger partial charge in [0, 0.05) is 5.56 Å². The van der Waals surface area contributed by atoms with Crippen molar-refractivity contribution in [3.05, 3.63) is 59.7 Å². The predicted octanol–water partition coefficient (Wildman–Crippen LogP) is 3.34.